The minimum atomic E-state index is -0.498. The maximum absolute atomic E-state index is 13.0. The molecule has 2 fully saturated rings. The number of nitrogens with one attached hydrogen (secondary N) is 1. The summed E-state index contributed by atoms with van der Waals surface area (Å²) in [6.07, 6.45) is 9.46. The highest BCUT2D eigenvalue weighted by atomic mass is 16.5. The average molecular weight is 786 g/mol. The molecular formula is C46H39N7O6. The van der Waals surface area contributed by atoms with Crippen LogP contribution in [0.4, 0.5) is 0 Å². The normalized spacial score (nSPS) is 18.4. The summed E-state index contributed by atoms with van der Waals surface area (Å²) in [7, 11) is 2.04. The Hall–Kier alpha value is -7.22. The van der Waals surface area contributed by atoms with Gasteiger partial charge in [-0.1, -0.05) is 24.6 Å². The molecule has 2 aliphatic heterocycles. The highest BCUT2D eigenvalue weighted by Gasteiger charge is 2.38. The molecule has 0 radical (unpaired) electrons. The zero-order valence-corrected chi connectivity index (χ0v) is 32.3. The zero-order valence-electron chi connectivity index (χ0n) is 32.3. The monoisotopic (exact) mass is 785 g/mol. The maximum Gasteiger partial charge on any atom is 0.255 e. The molecule has 2 amide bonds. The predicted octanol–water partition coefficient (Wildman–Crippen LogP) is 6.24. The van der Waals surface area contributed by atoms with Gasteiger partial charge in [0.1, 0.15) is 60.3 Å². The molecule has 1 unspecified atom stereocenters. The van der Waals surface area contributed by atoms with Crippen LogP contribution in [0.1, 0.15) is 52.9 Å². The van der Waals surface area contributed by atoms with Gasteiger partial charge in [0.25, 0.3) is 5.91 Å². The van der Waals surface area contributed by atoms with E-state index in [2.05, 4.69) is 61.5 Å². The second-order valence-corrected chi connectivity index (χ2v) is 14.8. The van der Waals surface area contributed by atoms with Crippen molar-refractivity contribution in [3.8, 4) is 46.4 Å². The van der Waals surface area contributed by atoms with Crippen molar-refractivity contribution in [3.05, 3.63) is 120 Å². The average Bonchev–Trinajstić information content (AvgIpc) is 3.72. The number of nitriles is 1. The van der Waals surface area contributed by atoms with Crippen LogP contribution in [-0.2, 0) is 23.1 Å². The number of amides is 2. The van der Waals surface area contributed by atoms with Crippen LogP contribution < -0.4 is 19.5 Å². The molecule has 1 atom stereocenters. The van der Waals surface area contributed by atoms with Gasteiger partial charge >= 0.3 is 0 Å². The summed E-state index contributed by atoms with van der Waals surface area (Å²) in [4.78, 5) is 40.2. The minimum Gasteiger partial charge on any atom is -0.491 e. The van der Waals surface area contributed by atoms with Crippen LogP contribution in [0, 0.1) is 23.2 Å². The number of fused-ring (bicyclic) bond motifs is 4. The maximum atomic E-state index is 13.0. The SMILES string of the molecule is C=C1CCC(N2Cc3cc(OCCOCC#Cc4ccc(OC5CC(Oc6ncc(-c7ccc8c9cnccc9n(C)c8c7)cc6C#N)C5)cn4)ccc3C2=O)C(=O)N1. The van der Waals surface area contributed by atoms with Crippen molar-refractivity contribution in [2.45, 2.75) is 50.5 Å². The molecule has 59 heavy (non-hydrogen) atoms. The van der Waals surface area contributed by atoms with Crippen molar-refractivity contribution in [3.63, 3.8) is 0 Å². The van der Waals surface area contributed by atoms with Crippen molar-refractivity contribution in [2.75, 3.05) is 19.8 Å². The molecule has 0 spiro atoms. The summed E-state index contributed by atoms with van der Waals surface area (Å²) in [5, 5.41) is 14.9. The quantitative estimate of drug-likeness (QED) is 0.118. The summed E-state index contributed by atoms with van der Waals surface area (Å²) >= 11 is 0. The fourth-order valence-electron chi connectivity index (χ4n) is 7.79. The summed E-state index contributed by atoms with van der Waals surface area (Å²) in [6.45, 7) is 5.03. The van der Waals surface area contributed by atoms with Crippen molar-refractivity contribution in [2.24, 2.45) is 7.05 Å². The number of piperidine rings is 1. The van der Waals surface area contributed by atoms with Crippen LogP contribution >= 0.6 is 0 Å². The Morgan fingerprint density at radius 3 is 2.59 bits per heavy atom. The van der Waals surface area contributed by atoms with E-state index in [1.165, 1.54) is 0 Å². The van der Waals surface area contributed by atoms with Crippen LogP contribution in [-0.4, -0.2) is 74.3 Å². The van der Waals surface area contributed by atoms with Crippen LogP contribution in [0.2, 0.25) is 0 Å². The number of ether oxygens (including phenoxy) is 4. The van der Waals surface area contributed by atoms with E-state index in [1.807, 2.05) is 43.6 Å². The molecule has 3 aliphatic rings. The first-order valence-electron chi connectivity index (χ1n) is 19.5. The first-order chi connectivity index (χ1) is 28.8. The van der Waals surface area contributed by atoms with Crippen LogP contribution in [0.5, 0.6) is 17.4 Å². The minimum absolute atomic E-state index is 0.0399. The van der Waals surface area contributed by atoms with Crippen LogP contribution in [0.25, 0.3) is 32.9 Å². The van der Waals surface area contributed by atoms with Crippen molar-refractivity contribution < 1.29 is 28.5 Å². The molecule has 1 N–H and O–H groups in total. The van der Waals surface area contributed by atoms with E-state index in [0.29, 0.717) is 85.3 Å². The van der Waals surface area contributed by atoms with Gasteiger partial charge in [-0.15, -0.1) is 0 Å². The summed E-state index contributed by atoms with van der Waals surface area (Å²) in [6, 6.07) is 20.8. The first kappa shape index (κ1) is 37.4. The lowest BCUT2D eigenvalue weighted by atomic mass is 9.92. The Bertz CT molecular complexity index is 2740. The number of carbonyl (C=O) groups is 2. The number of hydrogen-bond acceptors (Lipinski definition) is 10. The number of carbonyl (C=O) groups excluding carboxylic acids is 2. The number of aryl methyl sites for hydroxylation is 1. The molecular weight excluding hydrogens is 747 g/mol. The third-order valence-corrected chi connectivity index (χ3v) is 11.0. The smallest absolute Gasteiger partial charge is 0.255 e. The van der Waals surface area contributed by atoms with E-state index in [1.54, 1.807) is 41.7 Å². The summed E-state index contributed by atoms with van der Waals surface area (Å²) in [5.74, 6) is 7.23. The topological polar surface area (TPSA) is 154 Å². The molecule has 1 saturated heterocycles. The van der Waals surface area contributed by atoms with Gasteiger partial charge in [0, 0.05) is 78.1 Å². The van der Waals surface area contributed by atoms with Gasteiger partial charge in [0.2, 0.25) is 11.8 Å². The number of nitrogens with zero attached hydrogens (tertiary/aromatic N) is 6. The third kappa shape index (κ3) is 7.64. The Morgan fingerprint density at radius 2 is 1.76 bits per heavy atom. The Balaban J connectivity index is 0.697. The summed E-state index contributed by atoms with van der Waals surface area (Å²) in [5.41, 5.74) is 7.09. The molecule has 4 aromatic heterocycles. The van der Waals surface area contributed by atoms with E-state index in [4.69, 9.17) is 18.9 Å². The Morgan fingerprint density at radius 1 is 0.898 bits per heavy atom. The lowest BCUT2D eigenvalue weighted by molar-refractivity contribution is -0.126. The van der Waals surface area contributed by atoms with Gasteiger partial charge in [0.05, 0.1) is 18.3 Å². The molecule has 6 heterocycles. The lowest BCUT2D eigenvalue weighted by Crippen LogP contribution is -2.49. The number of benzene rings is 2. The van der Waals surface area contributed by atoms with Gasteiger partial charge in [-0.25, -0.2) is 9.97 Å². The van der Waals surface area contributed by atoms with E-state index < -0.39 is 6.04 Å². The number of hydrogen-bond donors (Lipinski definition) is 1. The number of rotatable bonds is 11. The lowest BCUT2D eigenvalue weighted by Gasteiger charge is -2.35. The van der Waals surface area contributed by atoms with E-state index >= 15 is 0 Å². The molecule has 1 aliphatic carbocycles. The van der Waals surface area contributed by atoms with E-state index in [0.717, 1.165) is 38.5 Å². The van der Waals surface area contributed by atoms with Crippen molar-refractivity contribution in [1.82, 2.24) is 29.7 Å². The van der Waals surface area contributed by atoms with Gasteiger partial charge in [-0.2, -0.15) is 5.26 Å². The standard InChI is InChI=1S/C46H39N7O6/c1-28-5-12-42(44(54)51-28)53-27-32-19-34(9-11-38(32)46(53)55)57-17-16-56-15-3-4-33-7-8-35(25-49-33)58-36-21-37(22-36)59-45-30(23-47)18-31(24-50-45)29-6-10-39-40-26-48-14-13-41(40)52(2)43(39)20-29/h6-11,13-14,18-20,24-26,36-37,42H,1,5,12,15-17,21-22,27H2,2H3,(H,51,54). The highest BCUT2D eigenvalue weighted by Crippen LogP contribution is 2.35. The first-order valence-corrected chi connectivity index (χ1v) is 19.5. The van der Waals surface area contributed by atoms with Gasteiger partial charge in [-0.05, 0) is 78.4 Å². The Labute approximate surface area is 340 Å². The van der Waals surface area contributed by atoms with Gasteiger partial charge in [0.15, 0.2) is 0 Å². The third-order valence-electron chi connectivity index (χ3n) is 11.0. The highest BCUT2D eigenvalue weighted by molar-refractivity contribution is 6.08. The largest absolute Gasteiger partial charge is 0.491 e. The second-order valence-electron chi connectivity index (χ2n) is 14.8. The second kappa shape index (κ2) is 16.0. The molecule has 13 heteroatoms. The van der Waals surface area contributed by atoms with Gasteiger partial charge in [-0.3, -0.25) is 14.6 Å². The van der Waals surface area contributed by atoms with Crippen LogP contribution in [0.15, 0.2) is 97.7 Å². The molecule has 2 aromatic carbocycles. The van der Waals surface area contributed by atoms with Crippen molar-refractivity contribution in [1.29, 1.82) is 5.26 Å². The number of allylic oxidation sites excluding steroid dienone is 1. The zero-order chi connectivity index (χ0) is 40.5. The number of pyridine rings is 3. The summed E-state index contributed by atoms with van der Waals surface area (Å²) < 4.78 is 25.8. The van der Waals surface area contributed by atoms with Gasteiger partial charge < -0.3 is 33.7 Å². The van der Waals surface area contributed by atoms with Crippen molar-refractivity contribution >= 4 is 33.6 Å². The molecule has 9 rings (SSSR count). The predicted molar refractivity (Wildman–Crippen MR) is 218 cm³/mol. The van der Waals surface area contributed by atoms with E-state index in [9.17, 15) is 14.9 Å². The molecule has 13 nitrogen and oxygen atoms in total. The van der Waals surface area contributed by atoms with E-state index in [-0.39, 0.29) is 30.6 Å². The molecule has 294 valence electrons. The fourth-order valence-corrected chi connectivity index (χ4v) is 7.79. The Kier molecular flexibility index (Phi) is 10.1. The fraction of sp³-hybridized carbons (Fsp3) is 0.261. The number of aromatic nitrogens is 4. The molecule has 1 saturated carbocycles. The molecule has 0 bridgehead atoms. The molecule has 6 aromatic rings. The van der Waals surface area contributed by atoms with Crippen LogP contribution in [0.3, 0.4) is 0 Å².